The Morgan fingerprint density at radius 3 is 2.69 bits per heavy atom. The van der Waals surface area contributed by atoms with E-state index in [0.29, 0.717) is 0 Å². The van der Waals surface area contributed by atoms with Gasteiger partial charge in [0.1, 0.15) is 0 Å². The van der Waals surface area contributed by atoms with Gasteiger partial charge in [0.25, 0.3) is 0 Å². The molecule has 0 bridgehead atoms. The molecule has 2 aliphatic rings. The van der Waals surface area contributed by atoms with Gasteiger partial charge in [-0.25, -0.2) is 0 Å². The van der Waals surface area contributed by atoms with Gasteiger partial charge in [0.15, 0.2) is 0 Å². The lowest BCUT2D eigenvalue weighted by Gasteiger charge is -2.25. The van der Waals surface area contributed by atoms with Gasteiger partial charge in [-0.2, -0.15) is 0 Å². The van der Waals surface area contributed by atoms with E-state index in [1.807, 2.05) is 0 Å². The van der Waals surface area contributed by atoms with Gasteiger partial charge in [-0.15, -0.1) is 0 Å². The van der Waals surface area contributed by atoms with Crippen molar-refractivity contribution in [3.05, 3.63) is 0 Å². The third-order valence-corrected chi connectivity index (χ3v) is 3.99. The number of rotatable bonds is 4. The van der Waals surface area contributed by atoms with Crippen LogP contribution in [0.5, 0.6) is 0 Å². The fourth-order valence-electron chi connectivity index (χ4n) is 2.80. The maximum Gasteiger partial charge on any atom is 0.221 e. The first-order valence-electron chi connectivity index (χ1n) is 6.48. The monoisotopic (exact) mass is 225 g/mol. The Hall–Kier alpha value is -0.610. The molecule has 0 aromatic heterocycles. The molecule has 0 saturated carbocycles. The molecule has 2 aliphatic heterocycles. The Balaban J connectivity index is 1.65. The highest BCUT2D eigenvalue weighted by atomic mass is 16.1. The molecule has 2 heterocycles. The normalized spacial score (nSPS) is 28.4. The van der Waals surface area contributed by atoms with Crippen LogP contribution in [0.2, 0.25) is 0 Å². The van der Waals surface area contributed by atoms with Crippen molar-refractivity contribution in [1.29, 1.82) is 0 Å². The Morgan fingerprint density at radius 2 is 2.06 bits per heavy atom. The number of nitrogens with one attached hydrogen (secondary N) is 1. The van der Waals surface area contributed by atoms with Gasteiger partial charge in [0.05, 0.1) is 5.92 Å². The second kappa shape index (κ2) is 5.64. The smallest absolute Gasteiger partial charge is 0.221 e. The van der Waals surface area contributed by atoms with Crippen molar-refractivity contribution in [3.8, 4) is 0 Å². The quantitative estimate of drug-likeness (QED) is 0.718. The highest BCUT2D eigenvalue weighted by Crippen LogP contribution is 2.20. The fourth-order valence-corrected chi connectivity index (χ4v) is 2.80. The molecule has 3 N–H and O–H groups in total. The SMILES string of the molecule is NC(=O)C1CCN(CCC2CCNCC2)C1. The summed E-state index contributed by atoms with van der Waals surface area (Å²) in [4.78, 5) is 13.4. The maximum absolute atomic E-state index is 11.0. The molecule has 2 saturated heterocycles. The molecule has 1 atom stereocenters. The van der Waals surface area contributed by atoms with Crippen LogP contribution in [0, 0.1) is 11.8 Å². The minimum atomic E-state index is -0.121. The molecule has 1 unspecified atom stereocenters. The summed E-state index contributed by atoms with van der Waals surface area (Å²) in [5, 5.41) is 3.39. The van der Waals surface area contributed by atoms with Gasteiger partial charge in [-0.1, -0.05) is 0 Å². The van der Waals surface area contributed by atoms with Crippen LogP contribution >= 0.6 is 0 Å². The van der Waals surface area contributed by atoms with Crippen molar-refractivity contribution in [2.75, 3.05) is 32.7 Å². The van der Waals surface area contributed by atoms with Gasteiger partial charge in [0.2, 0.25) is 5.91 Å². The zero-order valence-corrected chi connectivity index (χ0v) is 9.95. The Kier molecular flexibility index (Phi) is 4.18. The Bertz CT molecular complexity index is 238. The van der Waals surface area contributed by atoms with E-state index < -0.39 is 0 Å². The van der Waals surface area contributed by atoms with Crippen molar-refractivity contribution >= 4 is 5.91 Å². The van der Waals surface area contributed by atoms with Crippen LogP contribution in [0.1, 0.15) is 25.7 Å². The molecule has 0 aliphatic carbocycles. The molecule has 2 fully saturated rings. The minimum Gasteiger partial charge on any atom is -0.369 e. The van der Waals surface area contributed by atoms with Gasteiger partial charge in [0, 0.05) is 6.54 Å². The van der Waals surface area contributed by atoms with E-state index in [0.717, 1.165) is 32.0 Å². The van der Waals surface area contributed by atoms with Gasteiger partial charge in [-0.05, 0) is 57.8 Å². The summed E-state index contributed by atoms with van der Waals surface area (Å²) in [6.45, 7) is 5.44. The predicted molar refractivity (Wildman–Crippen MR) is 64.0 cm³/mol. The summed E-state index contributed by atoms with van der Waals surface area (Å²) in [5.74, 6) is 0.867. The number of amides is 1. The highest BCUT2D eigenvalue weighted by Gasteiger charge is 2.26. The topological polar surface area (TPSA) is 58.4 Å². The molecule has 4 heteroatoms. The first-order chi connectivity index (χ1) is 7.75. The summed E-state index contributed by atoms with van der Waals surface area (Å²) in [6.07, 6.45) is 4.87. The van der Waals surface area contributed by atoms with Crippen LogP contribution in [0.3, 0.4) is 0 Å². The van der Waals surface area contributed by atoms with E-state index in [9.17, 15) is 4.79 Å². The standard InChI is InChI=1S/C12H23N3O/c13-12(16)11-4-8-15(9-11)7-3-10-1-5-14-6-2-10/h10-11,14H,1-9H2,(H2,13,16). The Labute approximate surface area is 97.6 Å². The lowest BCUT2D eigenvalue weighted by molar-refractivity contribution is -0.121. The van der Waals surface area contributed by atoms with Crippen LogP contribution in [0.15, 0.2) is 0 Å². The number of likely N-dealkylation sites (tertiary alicyclic amines) is 1. The number of carbonyl (C=O) groups is 1. The molecular weight excluding hydrogens is 202 g/mol. The number of nitrogens with zero attached hydrogens (tertiary/aromatic N) is 1. The van der Waals surface area contributed by atoms with Gasteiger partial charge >= 0.3 is 0 Å². The highest BCUT2D eigenvalue weighted by molar-refractivity contribution is 5.77. The first-order valence-corrected chi connectivity index (χ1v) is 6.48. The molecular formula is C12H23N3O. The van der Waals surface area contributed by atoms with E-state index in [1.54, 1.807) is 0 Å². The lowest BCUT2D eigenvalue weighted by atomic mass is 9.94. The van der Waals surface area contributed by atoms with Crippen LogP contribution in [-0.2, 0) is 4.79 Å². The number of carbonyl (C=O) groups excluding carboxylic acids is 1. The molecule has 4 nitrogen and oxygen atoms in total. The number of hydrogen-bond donors (Lipinski definition) is 2. The average Bonchev–Trinajstić information content (AvgIpc) is 2.76. The van der Waals surface area contributed by atoms with Crippen LogP contribution < -0.4 is 11.1 Å². The summed E-state index contributed by atoms with van der Waals surface area (Å²) < 4.78 is 0. The van der Waals surface area contributed by atoms with E-state index in [-0.39, 0.29) is 11.8 Å². The maximum atomic E-state index is 11.0. The third-order valence-electron chi connectivity index (χ3n) is 3.99. The number of piperidine rings is 1. The largest absolute Gasteiger partial charge is 0.369 e. The van der Waals surface area contributed by atoms with Crippen molar-refractivity contribution in [2.24, 2.45) is 17.6 Å². The van der Waals surface area contributed by atoms with Gasteiger partial charge < -0.3 is 16.0 Å². The number of nitrogens with two attached hydrogens (primary N) is 1. The van der Waals surface area contributed by atoms with E-state index >= 15 is 0 Å². The fraction of sp³-hybridized carbons (Fsp3) is 0.917. The Morgan fingerprint density at radius 1 is 1.31 bits per heavy atom. The van der Waals surface area contributed by atoms with E-state index in [1.165, 1.54) is 32.4 Å². The van der Waals surface area contributed by atoms with Crippen LogP contribution in [0.25, 0.3) is 0 Å². The molecule has 2 rings (SSSR count). The molecule has 1 amide bonds. The number of hydrogen-bond acceptors (Lipinski definition) is 3. The predicted octanol–water partition coefficient (Wildman–Crippen LogP) is 0.183. The minimum absolute atomic E-state index is 0.105. The molecule has 92 valence electrons. The van der Waals surface area contributed by atoms with E-state index in [4.69, 9.17) is 5.73 Å². The van der Waals surface area contributed by atoms with Crippen molar-refractivity contribution in [1.82, 2.24) is 10.2 Å². The second-order valence-corrected chi connectivity index (χ2v) is 5.17. The molecule has 0 radical (unpaired) electrons. The average molecular weight is 225 g/mol. The van der Waals surface area contributed by atoms with Crippen molar-refractivity contribution < 1.29 is 4.79 Å². The molecule has 0 aromatic rings. The summed E-state index contributed by atoms with van der Waals surface area (Å²) in [7, 11) is 0. The lowest BCUT2D eigenvalue weighted by Crippen LogP contribution is -2.31. The summed E-state index contributed by atoms with van der Waals surface area (Å²) in [6, 6.07) is 0. The summed E-state index contributed by atoms with van der Waals surface area (Å²) in [5.41, 5.74) is 5.33. The van der Waals surface area contributed by atoms with E-state index in [2.05, 4.69) is 10.2 Å². The molecule has 0 aromatic carbocycles. The van der Waals surface area contributed by atoms with Crippen LogP contribution in [0.4, 0.5) is 0 Å². The van der Waals surface area contributed by atoms with Crippen molar-refractivity contribution in [3.63, 3.8) is 0 Å². The zero-order valence-electron chi connectivity index (χ0n) is 9.95. The molecule has 0 spiro atoms. The third kappa shape index (κ3) is 3.19. The van der Waals surface area contributed by atoms with Gasteiger partial charge in [-0.3, -0.25) is 4.79 Å². The van der Waals surface area contributed by atoms with Crippen molar-refractivity contribution in [2.45, 2.75) is 25.7 Å². The number of primary amides is 1. The second-order valence-electron chi connectivity index (χ2n) is 5.17. The zero-order chi connectivity index (χ0) is 11.4. The molecule has 16 heavy (non-hydrogen) atoms. The summed E-state index contributed by atoms with van der Waals surface area (Å²) >= 11 is 0. The van der Waals surface area contributed by atoms with Crippen LogP contribution in [-0.4, -0.2) is 43.5 Å². The first kappa shape index (κ1) is 11.9.